The van der Waals surface area contributed by atoms with Crippen molar-refractivity contribution in [1.29, 1.82) is 0 Å². The van der Waals surface area contributed by atoms with Crippen LogP contribution in [0.5, 0.6) is 11.5 Å². The lowest BCUT2D eigenvalue weighted by atomic mass is 10.3. The maximum Gasteiger partial charge on any atom is 0.145 e. The molecule has 0 aliphatic carbocycles. The molecular weight excluding hydrogens is 385 g/mol. The summed E-state index contributed by atoms with van der Waals surface area (Å²) in [5.41, 5.74) is -2.23. The minimum Gasteiger partial charge on any atom is -0.457 e. The smallest absolute Gasteiger partial charge is 0.145 e. The van der Waals surface area contributed by atoms with Gasteiger partial charge in [-0.15, -0.1) is 12.2 Å². The molecule has 0 radical (unpaired) electrons. The number of hydrogen-bond donors (Lipinski definition) is 2. The number of rotatable bonds is 5. The van der Waals surface area contributed by atoms with Crippen molar-refractivity contribution >= 4 is 34.8 Å². The van der Waals surface area contributed by atoms with Crippen LogP contribution in [0, 0.1) is 0 Å². The van der Waals surface area contributed by atoms with E-state index in [1.54, 1.807) is 0 Å². The van der Waals surface area contributed by atoms with Gasteiger partial charge in [0.1, 0.15) is 17.0 Å². The first-order valence-corrected chi connectivity index (χ1v) is 12.5. The van der Waals surface area contributed by atoms with E-state index in [-0.39, 0.29) is 6.10 Å². The molecule has 26 heavy (non-hydrogen) atoms. The molecule has 2 aromatic rings. The fraction of sp³-hybridized carbons (Fsp3) is 0.368. The third kappa shape index (κ3) is 7.78. The van der Waals surface area contributed by atoms with Gasteiger partial charge < -0.3 is 19.3 Å². The van der Waals surface area contributed by atoms with Crippen molar-refractivity contribution in [2.75, 3.05) is 26.3 Å². The molecule has 1 fully saturated rings. The minimum atomic E-state index is -2.23. The lowest BCUT2D eigenvalue weighted by molar-refractivity contribution is 0.109. The molecule has 1 N–H and O–H groups in total. The van der Waals surface area contributed by atoms with E-state index >= 15 is 0 Å². The van der Waals surface area contributed by atoms with Crippen LogP contribution in [0.2, 0.25) is 0 Å². The Hall–Kier alpha value is -0.880. The highest BCUT2D eigenvalue weighted by molar-refractivity contribution is 8.64. The molecule has 0 amide bonds. The normalized spacial score (nSPS) is 16.3. The molecule has 1 unspecified atom stereocenters. The van der Waals surface area contributed by atoms with Gasteiger partial charge in [-0.1, -0.05) is 30.0 Å². The molecule has 1 heterocycles. The van der Waals surface area contributed by atoms with E-state index in [1.807, 2.05) is 68.4 Å². The predicted molar refractivity (Wildman–Crippen MR) is 116 cm³/mol. The third-order valence-corrected chi connectivity index (χ3v) is 6.87. The van der Waals surface area contributed by atoms with Crippen molar-refractivity contribution in [3.05, 3.63) is 54.6 Å². The Bertz CT molecular complexity index is 680. The van der Waals surface area contributed by atoms with Crippen LogP contribution in [0.3, 0.4) is 0 Å². The van der Waals surface area contributed by atoms with Gasteiger partial charge in [0.25, 0.3) is 0 Å². The van der Waals surface area contributed by atoms with E-state index in [0.717, 1.165) is 43.1 Å². The lowest BCUT2D eigenvalue weighted by Gasteiger charge is -2.19. The molecule has 4 nitrogen and oxygen atoms in total. The van der Waals surface area contributed by atoms with E-state index in [4.69, 9.17) is 25.8 Å². The van der Waals surface area contributed by atoms with Gasteiger partial charge in [0.15, 0.2) is 0 Å². The van der Waals surface area contributed by atoms with Gasteiger partial charge in [0.2, 0.25) is 0 Å². The Morgan fingerprint density at radius 3 is 2.04 bits per heavy atom. The quantitative estimate of drug-likeness (QED) is 0.565. The maximum atomic E-state index is 5.74. The van der Waals surface area contributed by atoms with Gasteiger partial charge in [-0.3, -0.25) is 0 Å². The molecule has 3 rings (SSSR count). The summed E-state index contributed by atoms with van der Waals surface area (Å²) in [6, 6.07) is 17.3. The summed E-state index contributed by atoms with van der Waals surface area (Å²) in [5, 5.41) is 4.09. The first-order chi connectivity index (χ1) is 12.5. The highest BCUT2D eigenvalue weighted by Crippen LogP contribution is 2.52. The van der Waals surface area contributed by atoms with Crippen molar-refractivity contribution in [3.63, 3.8) is 0 Å². The van der Waals surface area contributed by atoms with Crippen LogP contribution < -0.4 is 15.4 Å². The molecular formula is C19H26NO3PS2. The summed E-state index contributed by atoms with van der Waals surface area (Å²) >= 11 is 9.98. The number of benzene rings is 2. The molecule has 0 bridgehead atoms. The third-order valence-electron chi connectivity index (χ3n) is 3.34. The number of ether oxygens (including phenoxy) is 2. The zero-order valence-electron chi connectivity index (χ0n) is 15.1. The van der Waals surface area contributed by atoms with Crippen LogP contribution in [0.15, 0.2) is 54.6 Å². The Morgan fingerprint density at radius 2 is 1.58 bits per heavy atom. The molecule has 1 aliphatic rings. The second-order valence-corrected chi connectivity index (χ2v) is 11.8. The fourth-order valence-electron chi connectivity index (χ4n) is 2.19. The average Bonchev–Trinajstić information content (AvgIpc) is 2.64. The van der Waals surface area contributed by atoms with Gasteiger partial charge in [-0.25, -0.2) is 0 Å². The maximum absolute atomic E-state index is 5.74. The van der Waals surface area contributed by atoms with Crippen molar-refractivity contribution in [2.45, 2.75) is 20.0 Å². The summed E-state index contributed by atoms with van der Waals surface area (Å²) in [6.07, 6.45) is 0.0681. The minimum absolute atomic E-state index is 0.0681. The monoisotopic (exact) mass is 411 g/mol. The van der Waals surface area contributed by atoms with Gasteiger partial charge in [0.05, 0.1) is 19.3 Å². The molecule has 2 aromatic carbocycles. The Morgan fingerprint density at radius 1 is 1.00 bits per heavy atom. The van der Waals surface area contributed by atoms with Crippen LogP contribution in [0.1, 0.15) is 13.8 Å². The zero-order valence-corrected chi connectivity index (χ0v) is 17.7. The average molecular weight is 412 g/mol. The van der Waals surface area contributed by atoms with Gasteiger partial charge in [-0.2, -0.15) is 0 Å². The predicted octanol–water partition coefficient (Wildman–Crippen LogP) is 4.37. The van der Waals surface area contributed by atoms with Crippen LogP contribution in [-0.4, -0.2) is 32.4 Å². The molecule has 1 saturated heterocycles. The van der Waals surface area contributed by atoms with Crippen LogP contribution in [0.4, 0.5) is 0 Å². The van der Waals surface area contributed by atoms with Crippen LogP contribution >= 0.6 is 17.7 Å². The summed E-state index contributed by atoms with van der Waals surface area (Å²) in [6.45, 7) is 7.76. The molecule has 0 spiro atoms. The fourth-order valence-corrected chi connectivity index (χ4v) is 5.26. The van der Waals surface area contributed by atoms with Crippen molar-refractivity contribution in [3.8, 4) is 11.5 Å². The lowest BCUT2D eigenvalue weighted by Crippen LogP contribution is -2.30. The number of hydrogen-bond acceptors (Lipinski definition) is 5. The second kappa shape index (κ2) is 11.1. The van der Waals surface area contributed by atoms with E-state index in [2.05, 4.69) is 17.6 Å². The zero-order chi connectivity index (χ0) is 18.8. The van der Waals surface area contributed by atoms with Crippen molar-refractivity contribution in [2.24, 2.45) is 0 Å². The molecule has 1 aliphatic heterocycles. The number of morpholine rings is 1. The number of para-hydroxylation sites is 1. The molecule has 0 saturated carbocycles. The highest BCUT2D eigenvalue weighted by Gasteiger charge is 2.17. The van der Waals surface area contributed by atoms with Crippen LogP contribution in [0.25, 0.3) is 0 Å². The Kier molecular flexibility index (Phi) is 9.12. The van der Waals surface area contributed by atoms with E-state index in [1.165, 1.54) is 0 Å². The van der Waals surface area contributed by atoms with Gasteiger partial charge in [-0.05, 0) is 50.2 Å². The van der Waals surface area contributed by atoms with Gasteiger partial charge in [0, 0.05) is 18.4 Å². The van der Waals surface area contributed by atoms with E-state index in [0.29, 0.717) is 0 Å². The first kappa shape index (κ1) is 21.4. The van der Waals surface area contributed by atoms with E-state index in [9.17, 15) is 0 Å². The second-order valence-electron chi connectivity index (χ2n) is 5.95. The van der Waals surface area contributed by atoms with Gasteiger partial charge >= 0.3 is 0 Å². The summed E-state index contributed by atoms with van der Waals surface area (Å²) in [4.78, 5) is 0. The Balaban J connectivity index is 0.000000342. The van der Waals surface area contributed by atoms with Crippen molar-refractivity contribution < 1.29 is 14.0 Å². The first-order valence-electron chi connectivity index (χ1n) is 8.60. The highest BCUT2D eigenvalue weighted by atomic mass is 32.9. The number of nitrogens with one attached hydrogen (secondary N) is 1. The molecule has 0 aromatic heterocycles. The molecule has 142 valence electrons. The van der Waals surface area contributed by atoms with E-state index < -0.39 is 5.47 Å². The summed E-state index contributed by atoms with van der Waals surface area (Å²) < 4.78 is 16.5. The number of thiol groups is 1. The van der Waals surface area contributed by atoms with Crippen molar-refractivity contribution in [1.82, 2.24) is 5.32 Å². The molecule has 1 atom stereocenters. The topological polar surface area (TPSA) is 39.7 Å². The largest absolute Gasteiger partial charge is 0.457 e. The Labute approximate surface area is 166 Å². The molecule has 7 heteroatoms. The van der Waals surface area contributed by atoms with Crippen LogP contribution in [-0.2, 0) is 21.1 Å². The SMILES string of the molecule is C1COCCN1.CC(C)OP(=S)(S)c1ccc(Oc2ccccc2)cc1. The standard InChI is InChI=1S/C15H17O2PS2.C4H9NO/c1-12(2)17-18(19,20)15-10-8-14(9-11-15)16-13-6-4-3-5-7-13;1-3-6-4-2-5-1/h3-12H,1-2H3,(H,19,20);5H,1-4H2. The summed E-state index contributed by atoms with van der Waals surface area (Å²) in [5.74, 6) is 1.58. The summed E-state index contributed by atoms with van der Waals surface area (Å²) in [7, 11) is 0.